The second-order valence-electron chi connectivity index (χ2n) is 4.68. The van der Waals surface area contributed by atoms with Crippen molar-refractivity contribution in [3.8, 4) is 0 Å². The van der Waals surface area contributed by atoms with Gasteiger partial charge in [-0.1, -0.05) is 23.7 Å². The van der Waals surface area contributed by atoms with Crippen molar-refractivity contribution in [1.29, 1.82) is 0 Å². The van der Waals surface area contributed by atoms with Crippen LogP contribution in [0.1, 0.15) is 24.8 Å². The van der Waals surface area contributed by atoms with Crippen LogP contribution in [0.2, 0.25) is 5.02 Å². The third kappa shape index (κ3) is 4.66. The Bertz CT molecular complexity index is 337. The summed E-state index contributed by atoms with van der Waals surface area (Å²) in [6.07, 6.45) is 3.81. The lowest BCUT2D eigenvalue weighted by Crippen LogP contribution is -2.30. The first-order valence-electron chi connectivity index (χ1n) is 6.37. The van der Waals surface area contributed by atoms with Gasteiger partial charge in [0.15, 0.2) is 0 Å². The highest BCUT2D eigenvalue weighted by Gasteiger charge is 2.12. The van der Waals surface area contributed by atoms with Crippen LogP contribution < -0.4 is 5.32 Å². The average molecular weight is 254 g/mol. The van der Waals surface area contributed by atoms with E-state index in [9.17, 15) is 0 Å². The van der Waals surface area contributed by atoms with Gasteiger partial charge in [0.25, 0.3) is 0 Å². The standard InChI is InChI=1S/C14H20ClNO/c15-14-5-1-3-13(9-14)11-17-8-6-12-4-2-7-16-10-12/h1,3,5,9,12,16H,2,4,6-8,10-11H2/t12-/m0/s1. The first-order valence-corrected chi connectivity index (χ1v) is 6.75. The third-order valence-electron chi connectivity index (χ3n) is 3.23. The smallest absolute Gasteiger partial charge is 0.0717 e. The second-order valence-corrected chi connectivity index (χ2v) is 5.12. The van der Waals surface area contributed by atoms with E-state index < -0.39 is 0 Å². The van der Waals surface area contributed by atoms with Gasteiger partial charge in [-0.2, -0.15) is 0 Å². The molecule has 0 bridgehead atoms. The number of ether oxygens (including phenoxy) is 1. The van der Waals surface area contributed by atoms with Crippen molar-refractivity contribution in [3.63, 3.8) is 0 Å². The Hall–Kier alpha value is -0.570. The monoisotopic (exact) mass is 253 g/mol. The largest absolute Gasteiger partial charge is 0.377 e. The molecule has 0 aliphatic carbocycles. The Morgan fingerprint density at radius 3 is 3.12 bits per heavy atom. The van der Waals surface area contributed by atoms with Gasteiger partial charge in [0.1, 0.15) is 0 Å². The van der Waals surface area contributed by atoms with Crippen LogP contribution in [0.15, 0.2) is 24.3 Å². The maximum absolute atomic E-state index is 5.92. The second kappa shape index (κ2) is 7.00. The van der Waals surface area contributed by atoms with Crippen molar-refractivity contribution >= 4 is 11.6 Å². The molecule has 2 rings (SSSR count). The fourth-order valence-electron chi connectivity index (χ4n) is 2.24. The molecule has 1 atom stereocenters. The number of halogens is 1. The zero-order valence-electron chi connectivity index (χ0n) is 10.1. The predicted molar refractivity (Wildman–Crippen MR) is 71.3 cm³/mol. The number of hydrogen-bond donors (Lipinski definition) is 1. The summed E-state index contributed by atoms with van der Waals surface area (Å²) in [5.41, 5.74) is 1.15. The molecule has 1 aromatic rings. The maximum Gasteiger partial charge on any atom is 0.0717 e. The summed E-state index contributed by atoms with van der Waals surface area (Å²) in [5, 5.41) is 4.21. The molecular formula is C14H20ClNO. The minimum atomic E-state index is 0.667. The van der Waals surface area contributed by atoms with Gasteiger partial charge in [0.2, 0.25) is 0 Å². The van der Waals surface area contributed by atoms with Crippen LogP contribution in [-0.4, -0.2) is 19.7 Å². The lowest BCUT2D eigenvalue weighted by Gasteiger charge is -2.22. The van der Waals surface area contributed by atoms with E-state index in [4.69, 9.17) is 16.3 Å². The molecule has 1 N–H and O–H groups in total. The summed E-state index contributed by atoms with van der Waals surface area (Å²) in [7, 11) is 0. The SMILES string of the molecule is Clc1cccc(COCC[C@@H]2CCCNC2)c1. The molecule has 3 heteroatoms. The van der Waals surface area contributed by atoms with E-state index in [1.165, 1.54) is 19.4 Å². The van der Waals surface area contributed by atoms with Gasteiger partial charge in [-0.05, 0) is 56.0 Å². The number of nitrogens with one attached hydrogen (secondary N) is 1. The fourth-order valence-corrected chi connectivity index (χ4v) is 2.45. The van der Waals surface area contributed by atoms with Crippen molar-refractivity contribution in [1.82, 2.24) is 5.32 Å². The quantitative estimate of drug-likeness (QED) is 0.814. The Labute approximate surface area is 108 Å². The normalized spacial score (nSPS) is 20.4. The maximum atomic E-state index is 5.92. The Morgan fingerprint density at radius 2 is 2.35 bits per heavy atom. The lowest BCUT2D eigenvalue weighted by atomic mass is 9.97. The zero-order chi connectivity index (χ0) is 11.9. The Balaban J connectivity index is 1.62. The molecule has 1 aliphatic heterocycles. The Morgan fingerprint density at radius 1 is 1.41 bits per heavy atom. The highest BCUT2D eigenvalue weighted by atomic mass is 35.5. The molecule has 0 spiro atoms. The molecule has 0 amide bonds. The van der Waals surface area contributed by atoms with E-state index in [0.29, 0.717) is 6.61 Å². The van der Waals surface area contributed by atoms with Crippen molar-refractivity contribution in [2.75, 3.05) is 19.7 Å². The van der Waals surface area contributed by atoms with Gasteiger partial charge in [-0.15, -0.1) is 0 Å². The van der Waals surface area contributed by atoms with Crippen LogP contribution in [-0.2, 0) is 11.3 Å². The number of hydrogen-bond acceptors (Lipinski definition) is 2. The summed E-state index contributed by atoms with van der Waals surface area (Å²) in [6.45, 7) is 3.85. The van der Waals surface area contributed by atoms with E-state index in [1.807, 2.05) is 24.3 Å². The molecule has 1 saturated heterocycles. The summed E-state index contributed by atoms with van der Waals surface area (Å²) in [4.78, 5) is 0. The van der Waals surface area contributed by atoms with Crippen molar-refractivity contribution in [2.24, 2.45) is 5.92 Å². The van der Waals surface area contributed by atoms with E-state index in [-0.39, 0.29) is 0 Å². The first-order chi connectivity index (χ1) is 8.34. The third-order valence-corrected chi connectivity index (χ3v) is 3.46. The molecule has 0 unspecified atom stereocenters. The summed E-state index contributed by atoms with van der Waals surface area (Å²) in [5.74, 6) is 0.795. The highest BCUT2D eigenvalue weighted by molar-refractivity contribution is 6.30. The molecule has 1 aromatic carbocycles. The van der Waals surface area contributed by atoms with E-state index >= 15 is 0 Å². The first kappa shape index (κ1) is 12.9. The highest BCUT2D eigenvalue weighted by Crippen LogP contribution is 2.15. The molecule has 2 nitrogen and oxygen atoms in total. The molecule has 0 saturated carbocycles. The van der Waals surface area contributed by atoms with E-state index in [0.717, 1.165) is 36.1 Å². The molecule has 1 aliphatic rings. The van der Waals surface area contributed by atoms with Crippen LogP contribution in [0.25, 0.3) is 0 Å². The number of rotatable bonds is 5. The van der Waals surface area contributed by atoms with Crippen LogP contribution >= 0.6 is 11.6 Å². The minimum Gasteiger partial charge on any atom is -0.377 e. The molecule has 0 radical (unpaired) electrons. The van der Waals surface area contributed by atoms with Gasteiger partial charge >= 0.3 is 0 Å². The lowest BCUT2D eigenvalue weighted by molar-refractivity contribution is 0.103. The van der Waals surface area contributed by atoms with Crippen LogP contribution in [0, 0.1) is 5.92 Å². The van der Waals surface area contributed by atoms with Gasteiger partial charge in [0, 0.05) is 11.6 Å². The van der Waals surface area contributed by atoms with Crippen LogP contribution in [0.3, 0.4) is 0 Å². The molecule has 17 heavy (non-hydrogen) atoms. The molecule has 1 heterocycles. The number of piperidine rings is 1. The predicted octanol–water partition coefficient (Wildman–Crippen LogP) is 3.25. The van der Waals surface area contributed by atoms with Gasteiger partial charge in [0.05, 0.1) is 6.61 Å². The molecular weight excluding hydrogens is 234 g/mol. The van der Waals surface area contributed by atoms with Crippen LogP contribution in [0.4, 0.5) is 0 Å². The summed E-state index contributed by atoms with van der Waals surface area (Å²) < 4.78 is 5.69. The fraction of sp³-hybridized carbons (Fsp3) is 0.571. The molecule has 1 fully saturated rings. The van der Waals surface area contributed by atoms with Gasteiger partial charge in [-0.3, -0.25) is 0 Å². The topological polar surface area (TPSA) is 21.3 Å². The van der Waals surface area contributed by atoms with Crippen molar-refractivity contribution in [3.05, 3.63) is 34.9 Å². The minimum absolute atomic E-state index is 0.667. The molecule has 94 valence electrons. The van der Waals surface area contributed by atoms with Crippen molar-refractivity contribution in [2.45, 2.75) is 25.9 Å². The average Bonchev–Trinajstić information content (AvgIpc) is 2.36. The van der Waals surface area contributed by atoms with Crippen molar-refractivity contribution < 1.29 is 4.74 Å². The zero-order valence-corrected chi connectivity index (χ0v) is 10.9. The number of benzene rings is 1. The van der Waals surface area contributed by atoms with Gasteiger partial charge in [-0.25, -0.2) is 0 Å². The Kier molecular flexibility index (Phi) is 5.30. The van der Waals surface area contributed by atoms with E-state index in [2.05, 4.69) is 5.32 Å². The van der Waals surface area contributed by atoms with Crippen LogP contribution in [0.5, 0.6) is 0 Å². The van der Waals surface area contributed by atoms with E-state index in [1.54, 1.807) is 0 Å². The van der Waals surface area contributed by atoms with Gasteiger partial charge < -0.3 is 10.1 Å². The molecule has 0 aromatic heterocycles. The summed E-state index contributed by atoms with van der Waals surface area (Å²) >= 11 is 5.92. The summed E-state index contributed by atoms with van der Waals surface area (Å²) in [6, 6.07) is 7.86.